The fourth-order valence-electron chi connectivity index (χ4n) is 2.60. The van der Waals surface area contributed by atoms with Gasteiger partial charge in [-0.15, -0.1) is 0 Å². The van der Waals surface area contributed by atoms with Crippen molar-refractivity contribution in [3.8, 4) is 11.6 Å². The maximum absolute atomic E-state index is 5.36. The second-order valence-electron chi connectivity index (χ2n) is 5.09. The van der Waals surface area contributed by atoms with Crippen molar-refractivity contribution in [3.05, 3.63) is 18.3 Å². The average molecular weight is 276 g/mol. The molecular weight excluding hydrogens is 256 g/mol. The molecule has 0 bridgehead atoms. The Kier molecular flexibility index (Phi) is 3.79. The van der Waals surface area contributed by atoms with Gasteiger partial charge in [0.05, 0.1) is 12.4 Å². The van der Waals surface area contributed by atoms with Gasteiger partial charge in [-0.25, -0.2) is 4.98 Å². The molecular formula is C13H20N6O. The molecule has 2 aromatic heterocycles. The summed E-state index contributed by atoms with van der Waals surface area (Å²) in [4.78, 5) is 11.2. The van der Waals surface area contributed by atoms with Crippen LogP contribution >= 0.6 is 0 Å². The second kappa shape index (κ2) is 5.72. The van der Waals surface area contributed by atoms with E-state index in [9.17, 15) is 0 Å². The van der Waals surface area contributed by atoms with Crippen LogP contribution in [-0.2, 0) is 7.05 Å². The number of nitrogens with zero attached hydrogens (tertiary/aromatic N) is 5. The second-order valence-corrected chi connectivity index (χ2v) is 5.09. The molecule has 1 fully saturated rings. The summed E-state index contributed by atoms with van der Waals surface area (Å²) < 4.78 is 7.23. The van der Waals surface area contributed by atoms with Crippen molar-refractivity contribution < 1.29 is 4.52 Å². The van der Waals surface area contributed by atoms with E-state index in [-0.39, 0.29) is 6.04 Å². The summed E-state index contributed by atoms with van der Waals surface area (Å²) in [5.74, 6) is 1.25. The molecule has 3 rings (SSSR count). The number of imidazole rings is 1. The molecule has 1 N–H and O–H groups in total. The highest BCUT2D eigenvalue weighted by Crippen LogP contribution is 2.24. The van der Waals surface area contributed by atoms with Gasteiger partial charge in [-0.2, -0.15) is 4.98 Å². The molecule has 0 radical (unpaired) electrons. The highest BCUT2D eigenvalue weighted by molar-refractivity contribution is 5.44. The number of nitrogens with one attached hydrogen (secondary N) is 1. The van der Waals surface area contributed by atoms with Crippen LogP contribution in [0.1, 0.15) is 25.2 Å². The van der Waals surface area contributed by atoms with Crippen LogP contribution in [-0.4, -0.2) is 50.8 Å². The first-order valence-corrected chi connectivity index (χ1v) is 7.04. The Morgan fingerprint density at radius 3 is 2.85 bits per heavy atom. The normalized spacial score (nSPS) is 18.3. The summed E-state index contributed by atoms with van der Waals surface area (Å²) in [5.41, 5.74) is 0.724. The Bertz CT molecular complexity index is 557. The van der Waals surface area contributed by atoms with E-state index in [0.717, 1.165) is 44.1 Å². The fourth-order valence-corrected chi connectivity index (χ4v) is 2.60. The van der Waals surface area contributed by atoms with Crippen molar-refractivity contribution >= 4 is 0 Å². The van der Waals surface area contributed by atoms with Gasteiger partial charge in [-0.1, -0.05) is 12.1 Å². The summed E-state index contributed by atoms with van der Waals surface area (Å²) >= 11 is 0. The largest absolute Gasteiger partial charge is 0.340 e. The van der Waals surface area contributed by atoms with E-state index in [0.29, 0.717) is 5.89 Å². The predicted molar refractivity (Wildman–Crippen MR) is 74.0 cm³/mol. The summed E-state index contributed by atoms with van der Waals surface area (Å²) in [5, 5.41) is 7.51. The summed E-state index contributed by atoms with van der Waals surface area (Å²) in [7, 11) is 1.92. The van der Waals surface area contributed by atoms with Crippen molar-refractivity contribution in [3.63, 3.8) is 0 Å². The smallest absolute Gasteiger partial charge is 0.278 e. The molecule has 1 unspecified atom stereocenters. The minimum Gasteiger partial charge on any atom is -0.340 e. The summed E-state index contributed by atoms with van der Waals surface area (Å²) in [6.07, 6.45) is 4.58. The molecule has 108 valence electrons. The van der Waals surface area contributed by atoms with Crippen LogP contribution in [0.3, 0.4) is 0 Å². The molecule has 0 spiro atoms. The highest BCUT2D eigenvalue weighted by atomic mass is 16.5. The lowest BCUT2D eigenvalue weighted by atomic mass is 10.1. The van der Waals surface area contributed by atoms with Gasteiger partial charge in [0.2, 0.25) is 0 Å². The van der Waals surface area contributed by atoms with Crippen molar-refractivity contribution in [1.29, 1.82) is 0 Å². The van der Waals surface area contributed by atoms with Gasteiger partial charge in [-0.05, 0) is 6.42 Å². The zero-order chi connectivity index (χ0) is 13.9. The van der Waals surface area contributed by atoms with Crippen LogP contribution in [0.15, 0.2) is 17.0 Å². The van der Waals surface area contributed by atoms with Crippen LogP contribution in [0.2, 0.25) is 0 Å². The first kappa shape index (κ1) is 13.3. The number of piperazine rings is 1. The molecule has 1 aliphatic heterocycles. The number of hydrogen-bond donors (Lipinski definition) is 1. The van der Waals surface area contributed by atoms with Gasteiger partial charge in [0.1, 0.15) is 5.69 Å². The number of rotatable bonds is 4. The number of aromatic nitrogens is 4. The Labute approximate surface area is 118 Å². The van der Waals surface area contributed by atoms with Crippen LogP contribution in [0.5, 0.6) is 0 Å². The van der Waals surface area contributed by atoms with Crippen molar-refractivity contribution in [2.75, 3.05) is 26.2 Å². The molecule has 7 heteroatoms. The van der Waals surface area contributed by atoms with Crippen LogP contribution in [0.25, 0.3) is 11.6 Å². The lowest BCUT2D eigenvalue weighted by Gasteiger charge is -2.32. The third-order valence-corrected chi connectivity index (χ3v) is 3.64. The minimum absolute atomic E-state index is 0.221. The molecule has 1 atom stereocenters. The van der Waals surface area contributed by atoms with Crippen molar-refractivity contribution in [1.82, 2.24) is 29.9 Å². The van der Waals surface area contributed by atoms with Crippen LogP contribution < -0.4 is 5.32 Å². The molecule has 0 aromatic carbocycles. The Hall–Kier alpha value is -1.73. The van der Waals surface area contributed by atoms with E-state index in [2.05, 4.69) is 32.3 Å². The lowest BCUT2D eigenvalue weighted by Crippen LogP contribution is -2.45. The molecule has 2 aromatic rings. The molecule has 3 heterocycles. The molecule has 1 aliphatic rings. The molecule has 20 heavy (non-hydrogen) atoms. The first-order valence-electron chi connectivity index (χ1n) is 7.04. The van der Waals surface area contributed by atoms with E-state index in [4.69, 9.17) is 4.52 Å². The van der Waals surface area contributed by atoms with Crippen LogP contribution in [0.4, 0.5) is 0 Å². The molecule has 0 saturated carbocycles. The maximum atomic E-state index is 5.36. The summed E-state index contributed by atoms with van der Waals surface area (Å²) in [6, 6.07) is 0.221. The molecule has 1 saturated heterocycles. The Balaban J connectivity index is 1.80. The first-order chi connectivity index (χ1) is 9.78. The van der Waals surface area contributed by atoms with Crippen molar-refractivity contribution in [2.24, 2.45) is 7.05 Å². The third-order valence-electron chi connectivity index (χ3n) is 3.64. The van der Waals surface area contributed by atoms with Crippen molar-refractivity contribution in [2.45, 2.75) is 19.4 Å². The van der Waals surface area contributed by atoms with E-state index in [1.165, 1.54) is 0 Å². The van der Waals surface area contributed by atoms with Gasteiger partial charge in [-0.3, -0.25) is 4.90 Å². The fraction of sp³-hybridized carbons (Fsp3) is 0.615. The monoisotopic (exact) mass is 276 g/mol. The van der Waals surface area contributed by atoms with E-state index in [1.54, 1.807) is 6.33 Å². The molecule has 0 aliphatic carbocycles. The number of aryl methyl sites for hydroxylation is 1. The zero-order valence-electron chi connectivity index (χ0n) is 11.9. The van der Waals surface area contributed by atoms with Gasteiger partial charge >= 0.3 is 0 Å². The van der Waals surface area contributed by atoms with Gasteiger partial charge in [0, 0.05) is 39.4 Å². The minimum atomic E-state index is 0.221. The van der Waals surface area contributed by atoms with E-state index in [1.807, 2.05) is 17.8 Å². The molecule has 7 nitrogen and oxygen atoms in total. The third kappa shape index (κ3) is 2.59. The maximum Gasteiger partial charge on any atom is 0.278 e. The Morgan fingerprint density at radius 2 is 2.20 bits per heavy atom. The highest BCUT2D eigenvalue weighted by Gasteiger charge is 2.25. The average Bonchev–Trinajstić information content (AvgIpc) is 3.10. The zero-order valence-corrected chi connectivity index (χ0v) is 11.9. The quantitative estimate of drug-likeness (QED) is 0.891. The standard InChI is InChI=1S/C13H20N6O/c1-3-11(19-6-4-14-5-7-19)12-16-13(20-17-12)10-8-18(2)9-15-10/h8-9,11,14H,3-7H2,1-2H3. The van der Waals surface area contributed by atoms with Gasteiger partial charge < -0.3 is 14.4 Å². The Morgan fingerprint density at radius 1 is 1.40 bits per heavy atom. The number of hydrogen-bond acceptors (Lipinski definition) is 6. The van der Waals surface area contributed by atoms with Gasteiger partial charge in [0.25, 0.3) is 5.89 Å². The van der Waals surface area contributed by atoms with Crippen LogP contribution in [0, 0.1) is 0 Å². The van der Waals surface area contributed by atoms with Gasteiger partial charge in [0.15, 0.2) is 5.82 Å². The summed E-state index contributed by atoms with van der Waals surface area (Å²) in [6.45, 7) is 6.23. The predicted octanol–water partition coefficient (Wildman–Crippen LogP) is 0.826. The van der Waals surface area contributed by atoms with E-state index < -0.39 is 0 Å². The molecule has 0 amide bonds. The lowest BCUT2D eigenvalue weighted by molar-refractivity contribution is 0.160. The van der Waals surface area contributed by atoms with E-state index >= 15 is 0 Å². The SMILES string of the molecule is CCC(c1noc(-c2cn(C)cn2)n1)N1CCNCC1. The topological polar surface area (TPSA) is 72.0 Å².